The zero-order chi connectivity index (χ0) is 11.7. The van der Waals surface area contributed by atoms with E-state index >= 15 is 0 Å². The molecule has 0 saturated carbocycles. The minimum absolute atomic E-state index is 0.178. The first-order chi connectivity index (χ1) is 7.65. The van der Waals surface area contributed by atoms with Crippen LogP contribution in [-0.2, 0) is 0 Å². The average molecular weight is 239 g/mol. The molecule has 0 radical (unpaired) electrons. The highest BCUT2D eigenvalue weighted by molar-refractivity contribution is 6.67. The Hall–Kier alpha value is -1.81. The van der Waals surface area contributed by atoms with Crippen molar-refractivity contribution < 1.29 is 13.9 Å². The number of halogens is 1. The molecule has 1 heterocycles. The largest absolute Gasteiger partial charge is 0.493 e. The summed E-state index contributed by atoms with van der Waals surface area (Å²) in [5.41, 5.74) is -0.334. The van der Waals surface area contributed by atoms with Gasteiger partial charge in [0.2, 0.25) is 5.43 Å². The summed E-state index contributed by atoms with van der Waals surface area (Å²) in [4.78, 5) is 22.8. The van der Waals surface area contributed by atoms with E-state index < -0.39 is 10.7 Å². The molecule has 0 atom stereocenters. The zero-order valence-electron chi connectivity index (χ0n) is 8.32. The lowest BCUT2D eigenvalue weighted by Gasteiger charge is -2.03. The summed E-state index contributed by atoms with van der Waals surface area (Å²) < 4.78 is 10.2. The number of carbonyl (C=O) groups excluding carboxylic acids is 1. The predicted molar refractivity (Wildman–Crippen MR) is 59.2 cm³/mol. The third-order valence-electron chi connectivity index (χ3n) is 2.19. The molecule has 2 aromatic rings. The van der Waals surface area contributed by atoms with Gasteiger partial charge < -0.3 is 9.15 Å². The van der Waals surface area contributed by atoms with E-state index in [-0.39, 0.29) is 10.9 Å². The molecule has 4 nitrogen and oxygen atoms in total. The summed E-state index contributed by atoms with van der Waals surface area (Å²) in [7, 11) is 1.47. The molecular formula is C11H7ClO4. The number of hydrogen-bond donors (Lipinski definition) is 0. The maximum atomic E-state index is 11.8. The van der Waals surface area contributed by atoms with Gasteiger partial charge in [-0.25, -0.2) is 0 Å². The van der Waals surface area contributed by atoms with Gasteiger partial charge in [0, 0.05) is 0 Å². The van der Waals surface area contributed by atoms with Crippen LogP contribution in [0, 0.1) is 0 Å². The molecule has 82 valence electrons. The van der Waals surface area contributed by atoms with E-state index in [0.717, 1.165) is 6.26 Å². The Bertz CT molecular complexity index is 615. The molecule has 0 unspecified atom stereocenters. The quantitative estimate of drug-likeness (QED) is 0.753. The van der Waals surface area contributed by atoms with Gasteiger partial charge in [0.05, 0.1) is 12.5 Å². The van der Waals surface area contributed by atoms with Crippen molar-refractivity contribution in [3.8, 4) is 5.75 Å². The molecule has 0 aliphatic rings. The fourth-order valence-electron chi connectivity index (χ4n) is 1.43. The van der Waals surface area contributed by atoms with Crippen LogP contribution in [0.2, 0.25) is 0 Å². The Morgan fingerprint density at radius 2 is 2.19 bits per heavy atom. The number of benzene rings is 1. The van der Waals surface area contributed by atoms with Crippen LogP contribution in [0.25, 0.3) is 11.0 Å². The molecule has 0 bridgehead atoms. The number of fused-ring (bicyclic) bond motifs is 1. The van der Waals surface area contributed by atoms with E-state index in [2.05, 4.69) is 0 Å². The van der Waals surface area contributed by atoms with E-state index in [4.69, 9.17) is 20.8 Å². The summed E-state index contributed by atoms with van der Waals surface area (Å²) in [5.74, 6) is 0.433. The van der Waals surface area contributed by atoms with Crippen LogP contribution in [0.4, 0.5) is 0 Å². The topological polar surface area (TPSA) is 56.5 Å². The van der Waals surface area contributed by atoms with Crippen LogP contribution in [0.3, 0.4) is 0 Å². The summed E-state index contributed by atoms with van der Waals surface area (Å²) in [6.07, 6.45) is 1.04. The van der Waals surface area contributed by atoms with Crippen LogP contribution in [0.15, 0.2) is 33.7 Å². The Balaban J connectivity index is 2.87. The number of hydrogen-bond acceptors (Lipinski definition) is 4. The molecular weight excluding hydrogens is 232 g/mol. The van der Waals surface area contributed by atoms with Crippen LogP contribution in [-0.4, -0.2) is 12.4 Å². The van der Waals surface area contributed by atoms with Crippen molar-refractivity contribution in [1.29, 1.82) is 0 Å². The van der Waals surface area contributed by atoms with E-state index in [1.165, 1.54) is 7.11 Å². The molecule has 0 N–H and O–H groups in total. The highest BCUT2D eigenvalue weighted by atomic mass is 35.5. The number of rotatable bonds is 2. The van der Waals surface area contributed by atoms with Crippen LogP contribution >= 0.6 is 11.6 Å². The van der Waals surface area contributed by atoms with Gasteiger partial charge in [-0.05, 0) is 23.7 Å². The van der Waals surface area contributed by atoms with Gasteiger partial charge in [0.25, 0.3) is 5.24 Å². The Labute approximate surface area is 95.4 Å². The first-order valence-electron chi connectivity index (χ1n) is 4.43. The van der Waals surface area contributed by atoms with Crippen LogP contribution < -0.4 is 10.2 Å². The molecule has 0 saturated heterocycles. The van der Waals surface area contributed by atoms with Crippen molar-refractivity contribution >= 4 is 27.8 Å². The Morgan fingerprint density at radius 1 is 1.44 bits per heavy atom. The highest BCUT2D eigenvalue weighted by Gasteiger charge is 2.14. The number of carbonyl (C=O) groups is 1. The van der Waals surface area contributed by atoms with Crippen molar-refractivity contribution in [2.45, 2.75) is 0 Å². The van der Waals surface area contributed by atoms with Crippen molar-refractivity contribution in [2.75, 3.05) is 7.11 Å². The Morgan fingerprint density at radius 3 is 2.81 bits per heavy atom. The summed E-state index contributed by atoms with van der Waals surface area (Å²) in [6, 6.07) is 4.85. The average Bonchev–Trinajstić information content (AvgIpc) is 2.28. The number of para-hydroxylation sites is 1. The van der Waals surface area contributed by atoms with E-state index in [1.54, 1.807) is 18.2 Å². The van der Waals surface area contributed by atoms with Gasteiger partial charge in [0.15, 0.2) is 11.3 Å². The molecule has 1 aromatic heterocycles. The molecule has 0 aliphatic carbocycles. The third kappa shape index (κ3) is 1.57. The second kappa shape index (κ2) is 3.98. The van der Waals surface area contributed by atoms with Gasteiger partial charge in [-0.3, -0.25) is 9.59 Å². The lowest BCUT2D eigenvalue weighted by molar-refractivity contribution is 0.107. The molecule has 5 heteroatoms. The van der Waals surface area contributed by atoms with Gasteiger partial charge in [-0.1, -0.05) is 6.07 Å². The first-order valence-corrected chi connectivity index (χ1v) is 4.81. The van der Waals surface area contributed by atoms with E-state index in [9.17, 15) is 9.59 Å². The highest BCUT2D eigenvalue weighted by Crippen LogP contribution is 2.23. The van der Waals surface area contributed by atoms with Gasteiger partial charge >= 0.3 is 0 Å². The minimum Gasteiger partial charge on any atom is -0.493 e. The lowest BCUT2D eigenvalue weighted by Crippen LogP contribution is -2.11. The van der Waals surface area contributed by atoms with E-state index in [0.29, 0.717) is 11.3 Å². The van der Waals surface area contributed by atoms with E-state index in [1.807, 2.05) is 0 Å². The first kappa shape index (κ1) is 10.7. The van der Waals surface area contributed by atoms with Gasteiger partial charge in [0.1, 0.15) is 11.8 Å². The minimum atomic E-state index is -0.835. The van der Waals surface area contributed by atoms with Crippen LogP contribution in [0.1, 0.15) is 10.4 Å². The zero-order valence-corrected chi connectivity index (χ0v) is 9.08. The standard InChI is InChI=1S/C11H7ClO4/c1-15-8-4-2-3-6-9(13)7(11(12)14)5-16-10(6)8/h2-5H,1H3. The predicted octanol–water partition coefficient (Wildman–Crippen LogP) is 2.18. The summed E-state index contributed by atoms with van der Waals surface area (Å²) in [6.45, 7) is 0. The van der Waals surface area contributed by atoms with Crippen molar-refractivity contribution in [1.82, 2.24) is 0 Å². The second-order valence-corrected chi connectivity index (χ2v) is 3.43. The normalized spacial score (nSPS) is 10.4. The van der Waals surface area contributed by atoms with Gasteiger partial charge in [-0.2, -0.15) is 0 Å². The lowest BCUT2D eigenvalue weighted by atomic mass is 10.2. The number of ether oxygens (including phenoxy) is 1. The molecule has 0 aliphatic heterocycles. The number of methoxy groups -OCH3 is 1. The molecule has 2 rings (SSSR count). The summed E-state index contributed by atoms with van der Waals surface area (Å²) in [5, 5.41) is -0.565. The van der Waals surface area contributed by atoms with Gasteiger partial charge in [-0.15, -0.1) is 0 Å². The van der Waals surface area contributed by atoms with Crippen molar-refractivity contribution in [3.63, 3.8) is 0 Å². The monoisotopic (exact) mass is 238 g/mol. The molecule has 16 heavy (non-hydrogen) atoms. The fraction of sp³-hybridized carbons (Fsp3) is 0.0909. The summed E-state index contributed by atoms with van der Waals surface area (Å²) >= 11 is 5.25. The maximum Gasteiger partial charge on any atom is 0.259 e. The third-order valence-corrected chi connectivity index (χ3v) is 2.40. The van der Waals surface area contributed by atoms with Crippen molar-refractivity contribution in [2.24, 2.45) is 0 Å². The SMILES string of the molecule is COc1cccc2c(=O)c(C(=O)Cl)coc12. The molecule has 0 amide bonds. The fourth-order valence-corrected chi connectivity index (χ4v) is 1.56. The van der Waals surface area contributed by atoms with Crippen LogP contribution in [0.5, 0.6) is 5.75 Å². The molecule has 1 aromatic carbocycles. The molecule has 0 spiro atoms. The van der Waals surface area contributed by atoms with Crippen molar-refractivity contribution in [3.05, 3.63) is 40.2 Å². The smallest absolute Gasteiger partial charge is 0.259 e. The Kier molecular flexibility index (Phi) is 2.66. The maximum absolute atomic E-state index is 11.8. The second-order valence-electron chi connectivity index (χ2n) is 3.09. The molecule has 0 fully saturated rings.